The molecule has 2 aromatic rings. The molecule has 128 valence electrons. The highest BCUT2D eigenvalue weighted by Crippen LogP contribution is 2.07. The number of hydrogen-bond acceptors (Lipinski definition) is 4. The molecule has 1 aliphatic heterocycles. The number of hydrogen-bond donors (Lipinski definition) is 1. The molecule has 1 N–H and O–H groups in total. The van der Waals surface area contributed by atoms with E-state index in [0.717, 1.165) is 57.3 Å². The van der Waals surface area contributed by atoms with Crippen LogP contribution in [0.15, 0.2) is 52.2 Å². The van der Waals surface area contributed by atoms with Crippen molar-refractivity contribution in [2.45, 2.75) is 13.0 Å². The summed E-state index contributed by atoms with van der Waals surface area (Å²) in [4.78, 5) is 9.15. The zero-order chi connectivity index (χ0) is 16.6. The van der Waals surface area contributed by atoms with Gasteiger partial charge in [0.25, 0.3) is 0 Å². The van der Waals surface area contributed by atoms with E-state index in [9.17, 15) is 0 Å². The number of nitrogens with one attached hydrogen (secondary N) is 1. The van der Waals surface area contributed by atoms with Crippen molar-refractivity contribution in [3.05, 3.63) is 53.9 Å². The highest BCUT2D eigenvalue weighted by molar-refractivity contribution is 5.80. The fraction of sp³-hybridized carbons (Fsp3) is 0.444. The van der Waals surface area contributed by atoms with Gasteiger partial charge in [0, 0.05) is 52.4 Å². The maximum atomic E-state index is 4.90. The second-order valence-electron chi connectivity index (χ2n) is 5.96. The molecule has 6 heteroatoms. The number of aliphatic imine (C=N–C) groups is 1. The predicted octanol–water partition coefficient (Wildman–Crippen LogP) is 1.61. The fourth-order valence-electron chi connectivity index (χ4n) is 2.96. The van der Waals surface area contributed by atoms with Crippen molar-refractivity contribution in [1.29, 1.82) is 0 Å². The summed E-state index contributed by atoms with van der Waals surface area (Å²) in [6.07, 6.45) is 2.63. The lowest BCUT2D eigenvalue weighted by atomic mass is 10.1. The van der Waals surface area contributed by atoms with Gasteiger partial charge >= 0.3 is 0 Å². The minimum atomic E-state index is 0.852. The maximum absolute atomic E-state index is 4.90. The van der Waals surface area contributed by atoms with Crippen LogP contribution in [0.25, 0.3) is 0 Å². The number of rotatable bonds is 5. The molecule has 0 radical (unpaired) electrons. The number of piperazine rings is 1. The molecule has 0 amide bonds. The molecule has 2 heterocycles. The Hall–Kier alpha value is -2.34. The summed E-state index contributed by atoms with van der Waals surface area (Å²) in [5, 5.41) is 7.46. The lowest BCUT2D eigenvalue weighted by Gasteiger charge is -2.36. The molecule has 0 saturated carbocycles. The number of guanidine groups is 1. The van der Waals surface area contributed by atoms with Crippen LogP contribution in [-0.2, 0) is 13.0 Å². The van der Waals surface area contributed by atoms with E-state index in [-0.39, 0.29) is 0 Å². The van der Waals surface area contributed by atoms with E-state index in [1.165, 1.54) is 5.56 Å². The Morgan fingerprint density at radius 1 is 1.17 bits per heavy atom. The lowest BCUT2D eigenvalue weighted by Crippen LogP contribution is -2.52. The zero-order valence-corrected chi connectivity index (χ0v) is 14.2. The third kappa shape index (κ3) is 4.58. The molecule has 3 rings (SSSR count). The van der Waals surface area contributed by atoms with E-state index in [4.69, 9.17) is 4.52 Å². The summed E-state index contributed by atoms with van der Waals surface area (Å²) in [6.45, 7) is 5.71. The number of nitrogens with zero attached hydrogens (tertiary/aromatic N) is 4. The Kier molecular flexibility index (Phi) is 5.85. The van der Waals surface area contributed by atoms with Crippen LogP contribution in [0.1, 0.15) is 11.3 Å². The highest BCUT2D eigenvalue weighted by atomic mass is 16.5. The second kappa shape index (κ2) is 8.49. The van der Waals surface area contributed by atoms with E-state index >= 15 is 0 Å². The van der Waals surface area contributed by atoms with Crippen LogP contribution in [0.2, 0.25) is 0 Å². The molecule has 0 atom stereocenters. The van der Waals surface area contributed by atoms with Crippen LogP contribution in [0.3, 0.4) is 0 Å². The first-order valence-corrected chi connectivity index (χ1v) is 8.46. The Labute approximate surface area is 143 Å². The average molecular weight is 327 g/mol. The van der Waals surface area contributed by atoms with Gasteiger partial charge in [0.1, 0.15) is 6.26 Å². The van der Waals surface area contributed by atoms with Crippen molar-refractivity contribution in [2.75, 3.05) is 39.8 Å². The van der Waals surface area contributed by atoms with Gasteiger partial charge in [-0.3, -0.25) is 9.89 Å². The quantitative estimate of drug-likeness (QED) is 0.668. The van der Waals surface area contributed by atoms with Crippen LogP contribution in [0.5, 0.6) is 0 Å². The molecule has 0 unspecified atom stereocenters. The van der Waals surface area contributed by atoms with Crippen molar-refractivity contribution in [1.82, 2.24) is 20.3 Å². The lowest BCUT2D eigenvalue weighted by molar-refractivity contribution is 0.169. The molecule has 0 aliphatic carbocycles. The normalized spacial score (nSPS) is 16.4. The molecule has 1 saturated heterocycles. The Bertz CT molecular complexity index is 618. The molecule has 6 nitrogen and oxygen atoms in total. The minimum Gasteiger partial charge on any atom is -0.364 e. The molecule has 1 aromatic heterocycles. The van der Waals surface area contributed by atoms with Gasteiger partial charge in [0.05, 0.1) is 5.69 Å². The van der Waals surface area contributed by atoms with Gasteiger partial charge in [-0.05, 0) is 12.0 Å². The first kappa shape index (κ1) is 16.5. The summed E-state index contributed by atoms with van der Waals surface area (Å²) < 4.78 is 4.90. The van der Waals surface area contributed by atoms with Gasteiger partial charge in [-0.15, -0.1) is 0 Å². The Morgan fingerprint density at radius 2 is 1.96 bits per heavy atom. The van der Waals surface area contributed by atoms with Crippen LogP contribution in [0.4, 0.5) is 0 Å². The molecule has 1 fully saturated rings. The minimum absolute atomic E-state index is 0.852. The van der Waals surface area contributed by atoms with Gasteiger partial charge in [-0.1, -0.05) is 35.5 Å². The molecule has 24 heavy (non-hydrogen) atoms. The van der Waals surface area contributed by atoms with Gasteiger partial charge in [0.15, 0.2) is 5.96 Å². The molecule has 0 bridgehead atoms. The zero-order valence-electron chi connectivity index (χ0n) is 14.2. The molecule has 1 aromatic carbocycles. The topological polar surface area (TPSA) is 56.9 Å². The fourth-order valence-corrected chi connectivity index (χ4v) is 2.96. The Balaban J connectivity index is 1.42. The van der Waals surface area contributed by atoms with Gasteiger partial charge in [0.2, 0.25) is 0 Å². The summed E-state index contributed by atoms with van der Waals surface area (Å²) in [6, 6.07) is 12.5. The predicted molar refractivity (Wildman–Crippen MR) is 94.9 cm³/mol. The third-order valence-corrected chi connectivity index (χ3v) is 4.30. The van der Waals surface area contributed by atoms with Crippen molar-refractivity contribution in [2.24, 2.45) is 4.99 Å². The molecular formula is C18H25N5O. The van der Waals surface area contributed by atoms with Crippen LogP contribution < -0.4 is 5.32 Å². The smallest absolute Gasteiger partial charge is 0.193 e. The van der Waals surface area contributed by atoms with Crippen molar-refractivity contribution in [3.8, 4) is 0 Å². The van der Waals surface area contributed by atoms with E-state index in [1.54, 1.807) is 6.26 Å². The monoisotopic (exact) mass is 327 g/mol. The van der Waals surface area contributed by atoms with Crippen LogP contribution in [0, 0.1) is 0 Å². The molecular weight excluding hydrogens is 302 g/mol. The summed E-state index contributed by atoms with van der Waals surface area (Å²) >= 11 is 0. The maximum Gasteiger partial charge on any atom is 0.193 e. The number of benzene rings is 1. The van der Waals surface area contributed by atoms with Gasteiger partial charge in [-0.25, -0.2) is 0 Å². The standard InChI is InChI=1S/C18H25N5O/c1-19-18(20-9-7-16-5-3-2-4-6-16)23-12-10-22(11-13-23)15-17-8-14-24-21-17/h2-6,8,14H,7,9-13,15H2,1H3,(H,19,20). The third-order valence-electron chi connectivity index (χ3n) is 4.30. The SMILES string of the molecule is CN=C(NCCc1ccccc1)N1CCN(Cc2ccon2)CC1. The van der Waals surface area contributed by atoms with Gasteiger partial charge in [-0.2, -0.15) is 0 Å². The first-order chi connectivity index (χ1) is 11.8. The average Bonchev–Trinajstić information content (AvgIpc) is 3.14. The molecule has 1 aliphatic rings. The van der Waals surface area contributed by atoms with Gasteiger partial charge < -0.3 is 14.7 Å². The highest BCUT2D eigenvalue weighted by Gasteiger charge is 2.20. The summed E-state index contributed by atoms with van der Waals surface area (Å²) in [5.74, 6) is 0.993. The van der Waals surface area contributed by atoms with Crippen LogP contribution >= 0.6 is 0 Å². The Morgan fingerprint density at radius 3 is 2.62 bits per heavy atom. The molecule has 0 spiro atoms. The van der Waals surface area contributed by atoms with Crippen molar-refractivity contribution < 1.29 is 4.52 Å². The summed E-state index contributed by atoms with van der Waals surface area (Å²) in [7, 11) is 1.85. The van der Waals surface area contributed by atoms with Crippen molar-refractivity contribution in [3.63, 3.8) is 0 Å². The van der Waals surface area contributed by atoms with Crippen molar-refractivity contribution >= 4 is 5.96 Å². The van der Waals surface area contributed by atoms with E-state index in [0.29, 0.717) is 0 Å². The van der Waals surface area contributed by atoms with Crippen LogP contribution in [-0.4, -0.2) is 60.7 Å². The first-order valence-electron chi connectivity index (χ1n) is 8.46. The summed E-state index contributed by atoms with van der Waals surface area (Å²) in [5.41, 5.74) is 2.34. The van der Waals surface area contributed by atoms with E-state index in [1.807, 2.05) is 13.1 Å². The van der Waals surface area contributed by atoms with E-state index < -0.39 is 0 Å². The largest absolute Gasteiger partial charge is 0.364 e. The van der Waals surface area contributed by atoms with E-state index in [2.05, 4.69) is 55.6 Å². The second-order valence-corrected chi connectivity index (χ2v) is 5.96. The number of aromatic nitrogens is 1.